The van der Waals surface area contributed by atoms with Crippen molar-refractivity contribution in [2.45, 2.75) is 19.9 Å². The number of fused-ring (bicyclic) bond motifs is 1. The number of halogens is 1. The Morgan fingerprint density at radius 1 is 1.21 bits per heavy atom. The zero-order valence-electron chi connectivity index (χ0n) is 15.6. The molecule has 0 saturated heterocycles. The summed E-state index contributed by atoms with van der Waals surface area (Å²) in [4.78, 5) is 29.4. The van der Waals surface area contributed by atoms with Gasteiger partial charge in [0.15, 0.2) is 0 Å². The number of hydrogen-bond acceptors (Lipinski definition) is 5. The zero-order valence-corrected chi connectivity index (χ0v) is 15.6. The molecule has 0 spiro atoms. The van der Waals surface area contributed by atoms with E-state index in [1.54, 1.807) is 6.07 Å². The van der Waals surface area contributed by atoms with Gasteiger partial charge in [0, 0.05) is 11.3 Å². The third-order valence-corrected chi connectivity index (χ3v) is 4.51. The van der Waals surface area contributed by atoms with Crippen LogP contribution in [0.5, 0.6) is 0 Å². The van der Waals surface area contributed by atoms with Crippen molar-refractivity contribution in [1.82, 2.24) is 14.7 Å². The van der Waals surface area contributed by atoms with Gasteiger partial charge in [-0.25, -0.2) is 9.37 Å². The van der Waals surface area contributed by atoms with Crippen LogP contribution in [0.2, 0.25) is 0 Å². The number of amides is 1. The summed E-state index contributed by atoms with van der Waals surface area (Å²) in [6, 6.07) is 13.0. The first kappa shape index (κ1) is 18.5. The van der Waals surface area contributed by atoms with E-state index in [-0.39, 0.29) is 29.2 Å². The van der Waals surface area contributed by atoms with Crippen molar-refractivity contribution in [3.8, 4) is 11.3 Å². The first-order valence-electron chi connectivity index (χ1n) is 9.04. The van der Waals surface area contributed by atoms with Crippen LogP contribution < -0.4 is 10.9 Å². The summed E-state index contributed by atoms with van der Waals surface area (Å²) in [7, 11) is 0. The number of nitrogens with zero attached hydrogens (tertiary/aromatic N) is 3. The molecule has 0 bridgehead atoms. The van der Waals surface area contributed by atoms with Crippen molar-refractivity contribution in [3.05, 3.63) is 76.6 Å². The van der Waals surface area contributed by atoms with Gasteiger partial charge in [0.2, 0.25) is 5.91 Å². The highest BCUT2D eigenvalue weighted by Crippen LogP contribution is 2.24. The second-order valence-corrected chi connectivity index (χ2v) is 6.50. The Bertz CT molecular complexity index is 1250. The second-order valence-electron chi connectivity index (χ2n) is 6.50. The Morgan fingerprint density at radius 2 is 2.00 bits per heavy atom. The summed E-state index contributed by atoms with van der Waals surface area (Å²) in [5, 5.41) is 6.81. The molecule has 4 aromatic rings. The Morgan fingerprint density at radius 3 is 2.76 bits per heavy atom. The molecule has 0 radical (unpaired) electrons. The van der Waals surface area contributed by atoms with Crippen molar-refractivity contribution >= 4 is 22.7 Å². The number of benzene rings is 2. The van der Waals surface area contributed by atoms with Crippen LogP contribution in [0.1, 0.15) is 12.5 Å². The smallest absolute Gasteiger partial charge is 0.267 e. The molecule has 0 fully saturated rings. The average molecular weight is 392 g/mol. The van der Waals surface area contributed by atoms with E-state index in [0.717, 1.165) is 12.0 Å². The van der Waals surface area contributed by atoms with Crippen LogP contribution in [0.4, 0.5) is 10.1 Å². The Labute approximate surface area is 164 Å². The van der Waals surface area contributed by atoms with Crippen molar-refractivity contribution in [3.63, 3.8) is 0 Å². The van der Waals surface area contributed by atoms with Crippen molar-refractivity contribution < 1.29 is 13.7 Å². The number of nitrogens with one attached hydrogen (secondary N) is 1. The number of rotatable bonds is 5. The van der Waals surface area contributed by atoms with Gasteiger partial charge in [-0.2, -0.15) is 0 Å². The fraction of sp³-hybridized carbons (Fsp3) is 0.143. The highest BCUT2D eigenvalue weighted by atomic mass is 19.1. The number of aryl methyl sites for hydroxylation is 1. The quantitative estimate of drug-likeness (QED) is 0.562. The van der Waals surface area contributed by atoms with Crippen LogP contribution in [0.25, 0.3) is 22.4 Å². The fourth-order valence-electron chi connectivity index (χ4n) is 3.02. The molecule has 0 aliphatic heterocycles. The van der Waals surface area contributed by atoms with Crippen LogP contribution in [-0.2, 0) is 17.8 Å². The predicted octanol–water partition coefficient (Wildman–Crippen LogP) is 3.39. The van der Waals surface area contributed by atoms with E-state index in [1.165, 1.54) is 35.2 Å². The molecule has 29 heavy (non-hydrogen) atoms. The molecule has 7 nitrogen and oxygen atoms in total. The molecule has 0 aliphatic rings. The van der Waals surface area contributed by atoms with E-state index in [4.69, 9.17) is 4.52 Å². The van der Waals surface area contributed by atoms with Crippen molar-refractivity contribution in [2.75, 3.05) is 5.32 Å². The number of carbonyl (C=O) groups excluding carboxylic acids is 1. The molecule has 2 heterocycles. The monoisotopic (exact) mass is 392 g/mol. The van der Waals surface area contributed by atoms with Gasteiger partial charge in [-0.05, 0) is 48.4 Å². The lowest BCUT2D eigenvalue weighted by Crippen LogP contribution is -2.27. The summed E-state index contributed by atoms with van der Waals surface area (Å²) < 4.78 is 19.5. The van der Waals surface area contributed by atoms with Gasteiger partial charge >= 0.3 is 0 Å². The van der Waals surface area contributed by atoms with Gasteiger partial charge in [-0.1, -0.05) is 24.2 Å². The number of carbonyl (C=O) groups is 1. The summed E-state index contributed by atoms with van der Waals surface area (Å²) >= 11 is 0. The Balaban J connectivity index is 1.63. The third-order valence-electron chi connectivity index (χ3n) is 4.51. The minimum Gasteiger partial charge on any atom is -0.335 e. The van der Waals surface area contributed by atoms with E-state index in [1.807, 2.05) is 25.1 Å². The molecule has 2 aromatic carbocycles. The molecule has 4 rings (SSSR count). The number of anilines is 1. The maximum absolute atomic E-state index is 13.2. The summed E-state index contributed by atoms with van der Waals surface area (Å²) in [6.07, 6.45) is 2.09. The Kier molecular flexibility index (Phi) is 4.90. The Hall–Kier alpha value is -3.81. The largest absolute Gasteiger partial charge is 0.335 e. The summed E-state index contributed by atoms with van der Waals surface area (Å²) in [5.74, 6) is -0.762. The molecule has 0 saturated carbocycles. The van der Waals surface area contributed by atoms with Gasteiger partial charge in [0.25, 0.3) is 11.3 Å². The third kappa shape index (κ3) is 3.77. The minimum atomic E-state index is -0.465. The van der Waals surface area contributed by atoms with Crippen LogP contribution in [0.15, 0.2) is 64.2 Å². The molecular formula is C21H17FN4O3. The minimum absolute atomic E-state index is 0.0571. The number of aromatic nitrogens is 3. The van der Waals surface area contributed by atoms with Crippen molar-refractivity contribution in [1.29, 1.82) is 0 Å². The van der Waals surface area contributed by atoms with E-state index < -0.39 is 11.4 Å². The van der Waals surface area contributed by atoms with Crippen LogP contribution >= 0.6 is 0 Å². The highest BCUT2D eigenvalue weighted by molar-refractivity contribution is 5.91. The van der Waals surface area contributed by atoms with E-state index in [9.17, 15) is 14.0 Å². The normalized spacial score (nSPS) is 11.0. The van der Waals surface area contributed by atoms with Gasteiger partial charge in [0.1, 0.15) is 29.8 Å². The molecule has 0 aliphatic carbocycles. The second kappa shape index (κ2) is 7.67. The molecule has 1 N–H and O–H groups in total. The van der Waals surface area contributed by atoms with Gasteiger partial charge < -0.3 is 9.84 Å². The first-order valence-corrected chi connectivity index (χ1v) is 9.04. The lowest BCUT2D eigenvalue weighted by Gasteiger charge is -2.08. The van der Waals surface area contributed by atoms with Crippen molar-refractivity contribution in [2.24, 2.45) is 0 Å². The topological polar surface area (TPSA) is 90.0 Å². The lowest BCUT2D eigenvalue weighted by atomic mass is 10.1. The maximum Gasteiger partial charge on any atom is 0.267 e. The van der Waals surface area contributed by atoms with Crippen LogP contribution in [0, 0.1) is 5.82 Å². The highest BCUT2D eigenvalue weighted by Gasteiger charge is 2.18. The molecule has 0 unspecified atom stereocenters. The van der Waals surface area contributed by atoms with Gasteiger partial charge in [-0.3, -0.25) is 14.2 Å². The summed E-state index contributed by atoms with van der Waals surface area (Å²) in [6.45, 7) is 1.81. The standard InChI is InChI=1S/C21H17FN4O3/c1-2-13-4-3-5-16(10-13)24-17(27)11-26-12-23-20-18(21(26)28)19(25-29-20)14-6-8-15(22)9-7-14/h3-10,12H,2,11H2,1H3,(H,24,27). The zero-order chi connectivity index (χ0) is 20.4. The molecular weight excluding hydrogens is 375 g/mol. The molecule has 0 atom stereocenters. The average Bonchev–Trinajstić information content (AvgIpc) is 3.16. The van der Waals surface area contributed by atoms with Crippen LogP contribution in [-0.4, -0.2) is 20.6 Å². The van der Waals surface area contributed by atoms with Gasteiger partial charge in [-0.15, -0.1) is 0 Å². The van der Waals surface area contributed by atoms with E-state index in [0.29, 0.717) is 11.3 Å². The number of hydrogen-bond donors (Lipinski definition) is 1. The first-order chi connectivity index (χ1) is 14.0. The lowest BCUT2D eigenvalue weighted by molar-refractivity contribution is -0.116. The molecule has 1 amide bonds. The molecule has 2 aromatic heterocycles. The summed E-state index contributed by atoms with van der Waals surface area (Å²) in [5.41, 5.74) is 2.12. The van der Waals surface area contributed by atoms with Gasteiger partial charge in [0.05, 0.1) is 0 Å². The predicted molar refractivity (Wildman–Crippen MR) is 106 cm³/mol. The van der Waals surface area contributed by atoms with E-state index >= 15 is 0 Å². The maximum atomic E-state index is 13.2. The van der Waals surface area contributed by atoms with E-state index in [2.05, 4.69) is 15.5 Å². The molecule has 146 valence electrons. The SMILES string of the molecule is CCc1cccc(NC(=O)Cn2cnc3onc(-c4ccc(F)cc4)c3c2=O)c1. The fourth-order valence-corrected chi connectivity index (χ4v) is 3.02. The van der Waals surface area contributed by atoms with Crippen LogP contribution in [0.3, 0.4) is 0 Å². The molecule has 8 heteroatoms.